The summed E-state index contributed by atoms with van der Waals surface area (Å²) in [5, 5.41) is 12.0. The van der Waals surface area contributed by atoms with E-state index >= 15 is 0 Å². The zero-order valence-electron chi connectivity index (χ0n) is 27.2. The second-order valence-electron chi connectivity index (χ2n) is 12.0. The fourth-order valence-corrected chi connectivity index (χ4v) is 5.60. The summed E-state index contributed by atoms with van der Waals surface area (Å²) in [5.74, 6) is -0.212. The Balaban J connectivity index is 1.32. The number of aromatic nitrogens is 2. The molecule has 0 amide bonds. The molecule has 0 radical (unpaired) electrons. The monoisotopic (exact) mass is 642 g/mol. The fourth-order valence-electron chi connectivity index (χ4n) is 5.60. The molecule has 1 aliphatic carbocycles. The van der Waals surface area contributed by atoms with Crippen LogP contribution < -0.4 is 25.3 Å². The van der Waals surface area contributed by atoms with Crippen LogP contribution in [0.15, 0.2) is 95.5 Å². The van der Waals surface area contributed by atoms with Crippen molar-refractivity contribution in [3.8, 4) is 28.5 Å². The van der Waals surface area contributed by atoms with E-state index in [9.17, 15) is 14.7 Å². The van der Waals surface area contributed by atoms with E-state index in [0.29, 0.717) is 40.3 Å². The number of hydrogen-bond acceptors (Lipinski definition) is 8. The average molecular weight is 643 g/mol. The summed E-state index contributed by atoms with van der Waals surface area (Å²) in [6, 6.07) is 26.1. The minimum Gasteiger partial charge on any atom is -0.478 e. The Labute approximate surface area is 277 Å². The number of hydrogen-bond donors (Lipinski definition) is 2. The number of carbonyl (C=O) groups is 2. The first-order chi connectivity index (χ1) is 23.1. The number of carboxylic acid groups (broad SMARTS) is 1. The molecule has 6 rings (SSSR count). The number of ketones is 1. The molecule has 3 aromatic carbocycles. The molecule has 10 heteroatoms. The van der Waals surface area contributed by atoms with Crippen molar-refractivity contribution in [1.29, 1.82) is 0 Å². The van der Waals surface area contributed by atoms with Crippen molar-refractivity contribution < 1.29 is 23.8 Å². The number of anilines is 2. The van der Waals surface area contributed by atoms with Gasteiger partial charge in [0.05, 0.1) is 11.6 Å². The number of nitrogen functional groups attached to an aromatic ring is 1. The molecule has 2 aliphatic rings. The second kappa shape index (κ2) is 13.4. The zero-order chi connectivity index (χ0) is 33.9. The van der Waals surface area contributed by atoms with Crippen molar-refractivity contribution in [2.45, 2.75) is 19.4 Å². The number of ether oxygens (including phenoxy) is 1. The van der Waals surface area contributed by atoms with Crippen LogP contribution in [0.5, 0.6) is 6.01 Å². The number of fused-ring (bicyclic) bond motifs is 2. The first kappa shape index (κ1) is 31.9. The van der Waals surface area contributed by atoms with Crippen LogP contribution in [0.3, 0.4) is 0 Å². The highest BCUT2D eigenvalue weighted by atomic mass is 16.5. The third-order valence-electron chi connectivity index (χ3n) is 8.25. The molecule has 10 nitrogen and oxygen atoms in total. The highest BCUT2D eigenvalue weighted by Crippen LogP contribution is 2.42. The van der Waals surface area contributed by atoms with E-state index in [2.05, 4.69) is 9.97 Å². The molecule has 0 spiro atoms. The predicted octanol–water partition coefficient (Wildman–Crippen LogP) is 5.77. The molecule has 3 N–H and O–H groups in total. The summed E-state index contributed by atoms with van der Waals surface area (Å²) in [5.41, 5.74) is 11.6. The molecule has 1 aliphatic heterocycles. The molecular weight excluding hydrogens is 606 g/mol. The van der Waals surface area contributed by atoms with Crippen molar-refractivity contribution in [3.05, 3.63) is 119 Å². The molecule has 0 saturated heterocycles. The molecule has 0 fully saturated rings. The van der Waals surface area contributed by atoms with Gasteiger partial charge in [0.25, 0.3) is 0 Å². The Morgan fingerprint density at radius 2 is 1.69 bits per heavy atom. The molecule has 0 bridgehead atoms. The summed E-state index contributed by atoms with van der Waals surface area (Å²) in [6.45, 7) is 0.282. The number of rotatable bonds is 10. The Morgan fingerprint density at radius 1 is 0.917 bits per heavy atom. The number of aryl methyl sites for hydroxylation is 1. The van der Waals surface area contributed by atoms with Crippen molar-refractivity contribution in [3.63, 3.8) is 0 Å². The summed E-state index contributed by atoms with van der Waals surface area (Å²) in [4.78, 5) is 36.2. The van der Waals surface area contributed by atoms with Crippen LogP contribution in [-0.2, 0) is 13.0 Å². The van der Waals surface area contributed by atoms with Gasteiger partial charge in [-0.2, -0.15) is 4.98 Å². The number of nitrogens with two attached hydrogens (primary N) is 1. The summed E-state index contributed by atoms with van der Waals surface area (Å²) in [6.07, 6.45) is 2.31. The van der Waals surface area contributed by atoms with Crippen LogP contribution in [0.25, 0.3) is 33.4 Å². The van der Waals surface area contributed by atoms with Gasteiger partial charge < -0.3 is 24.9 Å². The normalized spacial score (nSPS) is 11.1. The van der Waals surface area contributed by atoms with E-state index in [-0.39, 0.29) is 30.4 Å². The number of aromatic carboxylic acids is 1. The van der Waals surface area contributed by atoms with Crippen LogP contribution in [0.4, 0.5) is 11.5 Å². The number of benzene rings is 4. The van der Waals surface area contributed by atoms with E-state index in [1.165, 1.54) is 12.3 Å². The standard InChI is InChI=1S/C38H35N5O5/c1-42(2)26-11-14-29-33(20-26)48-34-21-27(43(3)4)12-15-30(34)36(29)31-19-25(10-13-28(31)37(45)46)32(44)16-9-23-5-7-24(8-6-23)22-47-38-40-18-17-35(39)41-38/h5-8,10-15,17-21H,9,16,22H2,1-4H3,(H2-,39,40,41,45,46)/p+1. The van der Waals surface area contributed by atoms with Gasteiger partial charge in [-0.15, -0.1) is 0 Å². The Hall–Kier alpha value is -6.03. The lowest BCUT2D eigenvalue weighted by molar-refractivity contribution is 0.0697. The highest BCUT2D eigenvalue weighted by Gasteiger charge is 2.24. The van der Waals surface area contributed by atoms with E-state index in [1.807, 2.05) is 98.3 Å². The van der Waals surface area contributed by atoms with Gasteiger partial charge >= 0.3 is 12.0 Å². The van der Waals surface area contributed by atoms with Crippen molar-refractivity contribution >= 4 is 34.2 Å². The minimum atomic E-state index is -1.08. The van der Waals surface area contributed by atoms with Gasteiger partial charge in [0.1, 0.15) is 37.9 Å². The maximum atomic E-state index is 13.6. The smallest absolute Gasteiger partial charge is 0.336 e. The van der Waals surface area contributed by atoms with Crippen LogP contribution in [-0.4, -0.2) is 55.0 Å². The van der Waals surface area contributed by atoms with E-state index in [0.717, 1.165) is 33.1 Å². The van der Waals surface area contributed by atoms with Crippen LogP contribution in [0, 0.1) is 0 Å². The SMILES string of the molecule is CN(C)c1ccc2c(-c3cc(C(=O)CCc4ccc(COc5nccc(N)n5)cc4)ccc3C(=O)O)c3ccc(=[N+](C)C)cc-3oc2c1. The molecule has 48 heavy (non-hydrogen) atoms. The second-order valence-corrected chi connectivity index (χ2v) is 12.0. The Morgan fingerprint density at radius 3 is 2.40 bits per heavy atom. The van der Waals surface area contributed by atoms with E-state index in [4.69, 9.17) is 14.9 Å². The van der Waals surface area contributed by atoms with Crippen LogP contribution >= 0.6 is 0 Å². The highest BCUT2D eigenvalue weighted by molar-refractivity contribution is 6.09. The molecular formula is C38H36N5O5+. The molecule has 0 unspecified atom stereocenters. The number of Topliss-reactive ketones (excluding diaryl/α,β-unsaturated/α-hetero) is 1. The third kappa shape index (κ3) is 6.73. The van der Waals surface area contributed by atoms with Gasteiger partial charge in [-0.05, 0) is 59.5 Å². The summed E-state index contributed by atoms with van der Waals surface area (Å²) < 4.78 is 14.0. The van der Waals surface area contributed by atoms with E-state index in [1.54, 1.807) is 18.2 Å². The summed E-state index contributed by atoms with van der Waals surface area (Å²) in [7, 11) is 7.80. The Kier molecular flexibility index (Phi) is 8.89. The zero-order valence-corrected chi connectivity index (χ0v) is 27.2. The maximum Gasteiger partial charge on any atom is 0.336 e. The molecule has 4 aromatic rings. The fraction of sp³-hybridized carbons (Fsp3) is 0.184. The Bertz CT molecular complexity index is 2200. The van der Waals surface area contributed by atoms with Gasteiger partial charge in [0, 0.05) is 66.6 Å². The molecule has 0 saturated carbocycles. The van der Waals surface area contributed by atoms with Gasteiger partial charge in [-0.3, -0.25) is 4.79 Å². The van der Waals surface area contributed by atoms with Gasteiger partial charge in [0.2, 0.25) is 5.36 Å². The number of carboxylic acids is 1. The quantitative estimate of drug-likeness (QED) is 0.109. The minimum absolute atomic E-state index is 0.0848. The molecule has 0 atom stereocenters. The topological polar surface area (TPSA) is 135 Å². The molecule has 2 heterocycles. The predicted molar refractivity (Wildman–Crippen MR) is 187 cm³/mol. The maximum absolute atomic E-state index is 13.6. The largest absolute Gasteiger partial charge is 0.478 e. The molecule has 242 valence electrons. The van der Waals surface area contributed by atoms with E-state index < -0.39 is 5.97 Å². The molecule has 1 aromatic heterocycles. The lowest BCUT2D eigenvalue weighted by Crippen LogP contribution is -2.21. The van der Waals surface area contributed by atoms with Crippen molar-refractivity contribution in [2.24, 2.45) is 0 Å². The average Bonchev–Trinajstić information content (AvgIpc) is 3.08. The van der Waals surface area contributed by atoms with Crippen molar-refractivity contribution in [1.82, 2.24) is 14.5 Å². The lowest BCUT2D eigenvalue weighted by atomic mass is 9.88. The van der Waals surface area contributed by atoms with Crippen LogP contribution in [0.2, 0.25) is 0 Å². The van der Waals surface area contributed by atoms with Crippen LogP contribution in [0.1, 0.15) is 38.3 Å². The van der Waals surface area contributed by atoms with Gasteiger partial charge in [-0.1, -0.05) is 30.3 Å². The lowest BCUT2D eigenvalue weighted by Gasteiger charge is -2.19. The number of nitrogens with zero attached hydrogens (tertiary/aromatic N) is 4. The van der Waals surface area contributed by atoms with Gasteiger partial charge in [0.15, 0.2) is 5.78 Å². The third-order valence-corrected chi connectivity index (χ3v) is 8.25. The first-order valence-corrected chi connectivity index (χ1v) is 15.5. The van der Waals surface area contributed by atoms with Gasteiger partial charge in [-0.25, -0.2) is 14.4 Å². The van der Waals surface area contributed by atoms with Crippen molar-refractivity contribution in [2.75, 3.05) is 38.8 Å². The number of carbonyl (C=O) groups excluding carboxylic acids is 1. The first-order valence-electron chi connectivity index (χ1n) is 15.5. The summed E-state index contributed by atoms with van der Waals surface area (Å²) >= 11 is 0.